The predicted octanol–water partition coefficient (Wildman–Crippen LogP) is 7.08. The van der Waals surface area contributed by atoms with Crippen LogP contribution in [0.2, 0.25) is 10.0 Å². The monoisotopic (exact) mass is 475 g/mol. The number of ketones is 1. The Bertz CT molecular complexity index is 957. The summed E-state index contributed by atoms with van der Waals surface area (Å²) in [6, 6.07) is 7.22. The highest BCUT2D eigenvalue weighted by Crippen LogP contribution is 2.41. The number of rotatable bonds is 5. The van der Waals surface area contributed by atoms with E-state index in [9.17, 15) is 23.1 Å². The molecule has 1 aromatic heterocycles. The fourth-order valence-corrected chi connectivity index (χ4v) is 4.92. The Hall–Kier alpha value is -1.70. The van der Waals surface area contributed by atoms with Crippen molar-refractivity contribution in [3.8, 4) is 0 Å². The van der Waals surface area contributed by atoms with Gasteiger partial charge in [-0.3, -0.25) is 4.79 Å². The molecule has 30 heavy (non-hydrogen) atoms. The molecule has 0 saturated heterocycles. The molecule has 0 amide bonds. The molecule has 2 atom stereocenters. The minimum absolute atomic E-state index is 0.0217. The first-order valence-corrected chi connectivity index (χ1v) is 10.9. The van der Waals surface area contributed by atoms with E-state index in [1.807, 2.05) is 6.92 Å². The van der Waals surface area contributed by atoms with Crippen molar-refractivity contribution in [3.63, 3.8) is 0 Å². The summed E-state index contributed by atoms with van der Waals surface area (Å²) < 4.78 is 37.9. The largest absolute Gasteiger partial charge is 0.512 e. The lowest BCUT2D eigenvalue weighted by Crippen LogP contribution is -2.25. The highest BCUT2D eigenvalue weighted by molar-refractivity contribution is 7.99. The third kappa shape index (κ3) is 5.13. The Morgan fingerprint density at radius 3 is 2.40 bits per heavy atom. The van der Waals surface area contributed by atoms with Crippen molar-refractivity contribution in [2.24, 2.45) is 11.8 Å². The third-order valence-electron chi connectivity index (χ3n) is 5.05. The lowest BCUT2D eigenvalue weighted by molar-refractivity contribution is -0.137. The van der Waals surface area contributed by atoms with Crippen molar-refractivity contribution in [1.82, 2.24) is 4.98 Å². The first kappa shape index (κ1) is 23.0. The van der Waals surface area contributed by atoms with E-state index in [1.165, 1.54) is 17.8 Å². The Morgan fingerprint density at radius 1 is 1.20 bits per heavy atom. The maximum absolute atomic E-state index is 12.8. The van der Waals surface area contributed by atoms with Gasteiger partial charge in [-0.2, -0.15) is 13.2 Å². The predicted molar refractivity (Wildman–Crippen MR) is 113 cm³/mol. The Labute approximate surface area is 186 Å². The standard InChI is InChI=1S/C21H18Cl2F3NO2S/c1-11(10-30-18-6-5-13(9-27-18)21(24,25)26)12-7-16(28)20(17(29)8-12)19-14(22)3-2-4-15(19)23/h2-6,9,11-12,28H,7-8,10H2,1H3. The van der Waals surface area contributed by atoms with Gasteiger partial charge in [0.15, 0.2) is 5.78 Å². The van der Waals surface area contributed by atoms with Crippen molar-refractivity contribution in [3.05, 3.63) is 63.5 Å². The number of aliphatic hydroxyl groups excluding tert-OH is 1. The number of halogens is 5. The van der Waals surface area contributed by atoms with E-state index in [4.69, 9.17) is 23.2 Å². The van der Waals surface area contributed by atoms with Gasteiger partial charge in [-0.1, -0.05) is 36.2 Å². The van der Waals surface area contributed by atoms with Crippen molar-refractivity contribution >= 4 is 46.3 Å². The minimum atomic E-state index is -4.42. The number of hydrogen-bond donors (Lipinski definition) is 1. The maximum atomic E-state index is 12.8. The van der Waals surface area contributed by atoms with Crippen LogP contribution in [-0.2, 0) is 11.0 Å². The second-order valence-corrected chi connectivity index (χ2v) is 9.04. The van der Waals surface area contributed by atoms with Crippen molar-refractivity contribution < 1.29 is 23.1 Å². The topological polar surface area (TPSA) is 50.2 Å². The maximum Gasteiger partial charge on any atom is 0.417 e. The number of Topliss-reactive ketones (excluding diaryl/α,β-unsaturated/α-hetero) is 1. The molecule has 3 rings (SSSR count). The molecule has 0 spiro atoms. The highest BCUT2D eigenvalue weighted by Gasteiger charge is 2.33. The SMILES string of the molecule is CC(CSc1ccc(C(F)(F)F)cn1)C1CC(=O)C(c2c(Cl)cccc2Cl)=C(O)C1. The first-order chi connectivity index (χ1) is 14.1. The zero-order chi connectivity index (χ0) is 22.1. The molecule has 160 valence electrons. The van der Waals surface area contributed by atoms with Crippen LogP contribution in [-0.4, -0.2) is 21.6 Å². The second kappa shape index (κ2) is 9.20. The Balaban J connectivity index is 1.68. The van der Waals surface area contributed by atoms with Gasteiger partial charge in [0, 0.05) is 30.4 Å². The molecule has 0 saturated carbocycles. The number of alkyl halides is 3. The van der Waals surface area contributed by atoms with Crippen LogP contribution in [0.15, 0.2) is 47.3 Å². The number of carbonyl (C=O) groups excluding carboxylic acids is 1. The molecule has 3 nitrogen and oxygen atoms in total. The molecule has 1 aliphatic rings. The van der Waals surface area contributed by atoms with Gasteiger partial charge in [-0.05, 0) is 36.1 Å². The quantitative estimate of drug-likeness (QED) is 0.469. The average molecular weight is 476 g/mol. The van der Waals surface area contributed by atoms with Gasteiger partial charge in [0.05, 0.1) is 26.2 Å². The lowest BCUT2D eigenvalue weighted by atomic mass is 9.79. The fraction of sp³-hybridized carbons (Fsp3) is 0.333. The molecular formula is C21H18Cl2F3NO2S. The highest BCUT2D eigenvalue weighted by atomic mass is 35.5. The van der Waals surface area contributed by atoms with Crippen LogP contribution >= 0.6 is 35.0 Å². The Morgan fingerprint density at radius 2 is 1.87 bits per heavy atom. The number of carbonyl (C=O) groups is 1. The third-order valence-corrected chi connectivity index (χ3v) is 6.91. The number of pyridine rings is 1. The van der Waals surface area contributed by atoms with E-state index >= 15 is 0 Å². The van der Waals surface area contributed by atoms with Gasteiger partial charge in [-0.25, -0.2) is 4.98 Å². The van der Waals surface area contributed by atoms with Crippen LogP contribution < -0.4 is 0 Å². The van der Waals surface area contributed by atoms with Gasteiger partial charge in [0.1, 0.15) is 5.76 Å². The number of aliphatic hydroxyl groups is 1. The van der Waals surface area contributed by atoms with E-state index in [1.54, 1.807) is 18.2 Å². The number of nitrogens with zero attached hydrogens (tertiary/aromatic N) is 1. The van der Waals surface area contributed by atoms with Crippen molar-refractivity contribution in [2.45, 2.75) is 31.0 Å². The van der Waals surface area contributed by atoms with Crippen molar-refractivity contribution in [2.75, 3.05) is 5.75 Å². The Kier molecular flexibility index (Phi) is 7.05. The molecular weight excluding hydrogens is 458 g/mol. The van der Waals surface area contributed by atoms with Crippen LogP contribution in [0.4, 0.5) is 13.2 Å². The lowest BCUT2D eigenvalue weighted by Gasteiger charge is -2.28. The summed E-state index contributed by atoms with van der Waals surface area (Å²) in [5, 5.41) is 11.6. The molecule has 0 aliphatic heterocycles. The molecule has 1 heterocycles. The molecule has 2 aromatic rings. The van der Waals surface area contributed by atoms with Gasteiger partial charge < -0.3 is 5.11 Å². The molecule has 0 fully saturated rings. The zero-order valence-corrected chi connectivity index (χ0v) is 18.2. The van der Waals surface area contributed by atoms with Crippen LogP contribution in [0.25, 0.3) is 5.57 Å². The summed E-state index contributed by atoms with van der Waals surface area (Å²) in [5.41, 5.74) is -0.289. The molecule has 9 heteroatoms. The zero-order valence-electron chi connectivity index (χ0n) is 15.8. The van der Waals surface area contributed by atoms with E-state index < -0.39 is 11.7 Å². The number of thioether (sulfide) groups is 1. The van der Waals surface area contributed by atoms with Crippen LogP contribution in [0.3, 0.4) is 0 Å². The van der Waals surface area contributed by atoms with E-state index in [2.05, 4.69) is 4.98 Å². The van der Waals surface area contributed by atoms with Crippen molar-refractivity contribution in [1.29, 1.82) is 0 Å². The average Bonchev–Trinajstić information content (AvgIpc) is 2.67. The normalized spacial score (nSPS) is 18.6. The van der Waals surface area contributed by atoms with E-state index in [0.29, 0.717) is 32.8 Å². The summed E-state index contributed by atoms with van der Waals surface area (Å²) in [5.74, 6) is 0.183. The molecule has 1 aromatic carbocycles. The molecule has 1 aliphatic carbocycles. The van der Waals surface area contributed by atoms with Crippen LogP contribution in [0, 0.1) is 11.8 Å². The summed E-state index contributed by atoms with van der Waals surface area (Å²) >= 11 is 13.7. The number of hydrogen-bond acceptors (Lipinski definition) is 4. The summed E-state index contributed by atoms with van der Waals surface area (Å²) in [6.45, 7) is 1.94. The number of aromatic nitrogens is 1. The summed E-state index contributed by atoms with van der Waals surface area (Å²) in [4.78, 5) is 16.6. The molecule has 1 N–H and O–H groups in total. The van der Waals surface area contributed by atoms with E-state index in [-0.39, 0.29) is 35.4 Å². The van der Waals surface area contributed by atoms with E-state index in [0.717, 1.165) is 12.3 Å². The second-order valence-electron chi connectivity index (χ2n) is 7.18. The molecule has 2 unspecified atom stereocenters. The van der Waals surface area contributed by atoms with Crippen LogP contribution in [0.1, 0.15) is 30.9 Å². The molecule has 0 bridgehead atoms. The van der Waals surface area contributed by atoms with Gasteiger partial charge >= 0.3 is 6.18 Å². The number of benzene rings is 1. The fourth-order valence-electron chi connectivity index (χ4n) is 3.33. The first-order valence-electron chi connectivity index (χ1n) is 9.13. The smallest absolute Gasteiger partial charge is 0.417 e. The van der Waals surface area contributed by atoms with Crippen LogP contribution in [0.5, 0.6) is 0 Å². The van der Waals surface area contributed by atoms with Gasteiger partial charge in [-0.15, -0.1) is 11.8 Å². The minimum Gasteiger partial charge on any atom is -0.512 e. The summed E-state index contributed by atoms with van der Waals surface area (Å²) in [6.07, 6.45) is -3.09. The van der Waals surface area contributed by atoms with Gasteiger partial charge in [0.2, 0.25) is 0 Å². The number of allylic oxidation sites excluding steroid dienone is 2. The summed E-state index contributed by atoms with van der Waals surface area (Å²) in [7, 11) is 0. The van der Waals surface area contributed by atoms with Gasteiger partial charge in [0.25, 0.3) is 0 Å². The molecule has 0 radical (unpaired) electrons.